The van der Waals surface area contributed by atoms with Gasteiger partial charge in [0.1, 0.15) is 17.2 Å². The number of allylic oxidation sites excluding steroid dienone is 4. The summed E-state index contributed by atoms with van der Waals surface area (Å²) >= 11 is 0. The van der Waals surface area contributed by atoms with Crippen molar-refractivity contribution in [1.82, 2.24) is 24.5 Å². The number of halogens is 1. The van der Waals surface area contributed by atoms with Gasteiger partial charge in [0, 0.05) is 59.1 Å². The number of nitrogens with zero attached hydrogens (tertiary/aromatic N) is 5. The van der Waals surface area contributed by atoms with Crippen molar-refractivity contribution >= 4 is 23.1 Å². The predicted molar refractivity (Wildman–Crippen MR) is 144 cm³/mol. The van der Waals surface area contributed by atoms with Crippen LogP contribution in [0.4, 0.5) is 15.0 Å². The maximum Gasteiger partial charge on any atom is 0.410 e. The summed E-state index contributed by atoms with van der Waals surface area (Å²) in [5.74, 6) is 0.576. The number of hydrogen-bond acceptors (Lipinski definition) is 6. The number of fused-ring (bicyclic) bond motifs is 3. The fraction of sp³-hybridized carbons (Fsp3) is 0.448. The number of rotatable bonds is 3. The molecule has 0 aromatic carbocycles. The molecular formula is C29H33FN6O2. The lowest BCUT2D eigenvalue weighted by molar-refractivity contribution is 0.00570. The highest BCUT2D eigenvalue weighted by molar-refractivity contribution is 5.80. The van der Waals surface area contributed by atoms with Gasteiger partial charge in [0.15, 0.2) is 5.65 Å². The first-order valence-electron chi connectivity index (χ1n) is 13.4. The second-order valence-electron chi connectivity index (χ2n) is 11.5. The topological polar surface area (TPSA) is 98.6 Å². The summed E-state index contributed by atoms with van der Waals surface area (Å²) < 4.78 is 21.6. The number of aromatic nitrogens is 4. The first-order valence-corrected chi connectivity index (χ1v) is 13.4. The van der Waals surface area contributed by atoms with Crippen LogP contribution in [0.5, 0.6) is 0 Å². The number of carbonyl (C=O) groups is 1. The normalized spacial score (nSPS) is 23.4. The molecule has 6 rings (SSSR count). The third-order valence-corrected chi connectivity index (χ3v) is 7.73. The van der Waals surface area contributed by atoms with Gasteiger partial charge in [-0.25, -0.2) is 14.2 Å². The SMILES string of the molecule is CC(C)(C)OC(=O)N1C2CCC1CC(c1cc(N)n3ncc(-c4ccc(C5=C(F)CCC=C5)nc4)c3n1)C2. The van der Waals surface area contributed by atoms with E-state index in [2.05, 4.69) is 10.1 Å². The van der Waals surface area contributed by atoms with E-state index in [0.29, 0.717) is 35.6 Å². The van der Waals surface area contributed by atoms with Crippen molar-refractivity contribution in [2.75, 3.05) is 5.73 Å². The minimum absolute atomic E-state index is 0.130. The summed E-state index contributed by atoms with van der Waals surface area (Å²) in [5.41, 5.74) is 10.3. The van der Waals surface area contributed by atoms with Crippen molar-refractivity contribution < 1.29 is 13.9 Å². The van der Waals surface area contributed by atoms with Crippen LogP contribution in [0.1, 0.15) is 76.6 Å². The maximum atomic E-state index is 14.3. The molecule has 2 unspecified atom stereocenters. The zero-order valence-corrected chi connectivity index (χ0v) is 22.0. The third kappa shape index (κ3) is 4.44. The third-order valence-electron chi connectivity index (χ3n) is 7.73. The number of carbonyl (C=O) groups excluding carboxylic acids is 1. The molecule has 2 N–H and O–H groups in total. The Balaban J connectivity index is 1.28. The molecule has 0 saturated carbocycles. The number of piperidine rings is 1. The van der Waals surface area contributed by atoms with Gasteiger partial charge in [0.25, 0.3) is 0 Å². The van der Waals surface area contributed by atoms with Crippen LogP contribution in [0, 0.1) is 0 Å². The predicted octanol–water partition coefficient (Wildman–Crippen LogP) is 6.05. The molecule has 2 fully saturated rings. The summed E-state index contributed by atoms with van der Waals surface area (Å²) in [4.78, 5) is 24.4. The van der Waals surface area contributed by atoms with Crippen LogP contribution in [-0.4, -0.2) is 48.3 Å². The molecular weight excluding hydrogens is 483 g/mol. The molecule has 0 radical (unpaired) electrons. The quantitative estimate of drug-likeness (QED) is 0.455. The number of hydrogen-bond donors (Lipinski definition) is 1. The molecule has 2 bridgehead atoms. The Morgan fingerprint density at radius 2 is 1.92 bits per heavy atom. The number of ether oxygens (including phenoxy) is 1. The second-order valence-corrected chi connectivity index (χ2v) is 11.5. The van der Waals surface area contributed by atoms with E-state index >= 15 is 0 Å². The lowest BCUT2D eigenvalue weighted by atomic mass is 9.88. The van der Waals surface area contributed by atoms with Crippen LogP contribution < -0.4 is 5.73 Å². The highest BCUT2D eigenvalue weighted by Gasteiger charge is 2.45. The Kier molecular flexibility index (Phi) is 5.96. The van der Waals surface area contributed by atoms with Gasteiger partial charge in [0.05, 0.1) is 11.9 Å². The molecule has 3 aliphatic rings. The van der Waals surface area contributed by atoms with Crippen molar-refractivity contribution in [2.24, 2.45) is 0 Å². The fourth-order valence-electron chi connectivity index (χ4n) is 6.02. The molecule has 198 valence electrons. The average molecular weight is 517 g/mol. The lowest BCUT2D eigenvalue weighted by Crippen LogP contribution is -2.48. The minimum atomic E-state index is -0.516. The molecule has 38 heavy (non-hydrogen) atoms. The van der Waals surface area contributed by atoms with Crippen molar-refractivity contribution in [1.29, 1.82) is 0 Å². The number of nitrogens with two attached hydrogens (primary N) is 1. The van der Waals surface area contributed by atoms with Crippen LogP contribution in [0.25, 0.3) is 22.3 Å². The Morgan fingerprint density at radius 1 is 1.16 bits per heavy atom. The molecule has 5 heterocycles. The van der Waals surface area contributed by atoms with E-state index in [1.165, 1.54) is 0 Å². The lowest BCUT2D eigenvalue weighted by Gasteiger charge is -2.39. The minimum Gasteiger partial charge on any atom is -0.444 e. The summed E-state index contributed by atoms with van der Waals surface area (Å²) in [7, 11) is 0. The van der Waals surface area contributed by atoms with E-state index in [9.17, 15) is 9.18 Å². The number of anilines is 1. The number of nitrogen functional groups attached to an aromatic ring is 1. The Morgan fingerprint density at radius 3 is 2.58 bits per heavy atom. The van der Waals surface area contributed by atoms with Gasteiger partial charge in [0.2, 0.25) is 0 Å². The fourth-order valence-corrected chi connectivity index (χ4v) is 6.02. The van der Waals surface area contributed by atoms with Crippen molar-refractivity contribution in [2.45, 2.75) is 82.9 Å². The van der Waals surface area contributed by atoms with E-state index in [1.54, 1.807) is 23.0 Å². The largest absolute Gasteiger partial charge is 0.444 e. The van der Waals surface area contributed by atoms with E-state index in [0.717, 1.165) is 42.5 Å². The highest BCUT2D eigenvalue weighted by atomic mass is 19.1. The van der Waals surface area contributed by atoms with Crippen LogP contribution in [0.2, 0.25) is 0 Å². The Labute approximate surface area is 221 Å². The van der Waals surface area contributed by atoms with Gasteiger partial charge in [-0.15, -0.1) is 0 Å². The zero-order chi connectivity index (χ0) is 26.6. The first kappa shape index (κ1) is 24.6. The summed E-state index contributed by atoms with van der Waals surface area (Å²) in [6.07, 6.45) is 11.7. The zero-order valence-electron chi connectivity index (χ0n) is 22.0. The molecule has 3 aromatic heterocycles. The molecule has 2 aliphatic heterocycles. The van der Waals surface area contributed by atoms with Crippen molar-refractivity contribution in [3.8, 4) is 11.1 Å². The van der Waals surface area contributed by atoms with Crippen molar-refractivity contribution in [3.63, 3.8) is 0 Å². The maximum absolute atomic E-state index is 14.3. The van der Waals surface area contributed by atoms with Gasteiger partial charge in [-0.1, -0.05) is 18.2 Å². The number of amides is 1. The molecule has 1 aliphatic carbocycles. The molecule has 1 amide bonds. The van der Waals surface area contributed by atoms with Gasteiger partial charge in [-0.3, -0.25) is 4.98 Å². The molecule has 3 aromatic rings. The average Bonchev–Trinajstić information content (AvgIpc) is 3.42. The van der Waals surface area contributed by atoms with Crippen LogP contribution in [0.3, 0.4) is 0 Å². The highest BCUT2D eigenvalue weighted by Crippen LogP contribution is 2.44. The van der Waals surface area contributed by atoms with E-state index in [-0.39, 0.29) is 29.9 Å². The molecule has 2 atom stereocenters. The molecule has 9 heteroatoms. The van der Waals surface area contributed by atoms with E-state index in [4.69, 9.17) is 15.5 Å². The van der Waals surface area contributed by atoms with E-state index in [1.807, 2.05) is 49.9 Å². The van der Waals surface area contributed by atoms with E-state index < -0.39 is 5.60 Å². The van der Waals surface area contributed by atoms with Gasteiger partial charge in [-0.2, -0.15) is 9.61 Å². The Hall–Kier alpha value is -3.75. The monoisotopic (exact) mass is 516 g/mol. The number of pyridine rings is 1. The van der Waals surface area contributed by atoms with Gasteiger partial charge in [-0.05, 0) is 58.9 Å². The van der Waals surface area contributed by atoms with Crippen molar-refractivity contribution in [3.05, 3.63) is 60.0 Å². The van der Waals surface area contributed by atoms with Crippen LogP contribution in [0.15, 0.2) is 48.6 Å². The molecule has 2 saturated heterocycles. The van der Waals surface area contributed by atoms with Crippen LogP contribution in [-0.2, 0) is 4.74 Å². The molecule has 0 spiro atoms. The summed E-state index contributed by atoms with van der Waals surface area (Å²) in [5, 5.41) is 4.47. The van der Waals surface area contributed by atoms with Gasteiger partial charge >= 0.3 is 6.09 Å². The first-order chi connectivity index (χ1) is 18.2. The molecule has 8 nitrogen and oxygen atoms in total. The summed E-state index contributed by atoms with van der Waals surface area (Å²) in [6, 6.07) is 5.94. The standard InChI is InChI=1S/C29H33FN6O2/c1-29(2,3)38-28(37)35-19-9-10-20(35)13-18(12-19)25-14-26(31)36-27(34-25)22(16-33-36)17-8-11-24(32-15-17)21-6-4-5-7-23(21)30/h4,6,8,11,14-16,18-20H,5,7,9-10,12-13,31H2,1-3H3. The Bertz CT molecular complexity index is 1440. The van der Waals surface area contributed by atoms with Gasteiger partial charge < -0.3 is 15.4 Å². The second kappa shape index (κ2) is 9.22. The summed E-state index contributed by atoms with van der Waals surface area (Å²) in [6.45, 7) is 5.70. The smallest absolute Gasteiger partial charge is 0.410 e. The van der Waals surface area contributed by atoms with Crippen LogP contribution >= 0.6 is 0 Å².